The molecule has 0 unspecified atom stereocenters. The van der Waals surface area contributed by atoms with Gasteiger partial charge in [-0.2, -0.15) is 0 Å². The highest BCUT2D eigenvalue weighted by Crippen LogP contribution is 2.03. The number of nitrogens with one attached hydrogen (secondary N) is 2. The Hall–Kier alpha value is -2.90. The molecule has 0 aliphatic heterocycles. The fourth-order valence-electron chi connectivity index (χ4n) is 2.68. The van der Waals surface area contributed by atoms with E-state index in [2.05, 4.69) is 32.7 Å². The zero-order valence-electron chi connectivity index (χ0n) is 16.4. The molecule has 0 fully saturated rings. The first-order valence-electron chi connectivity index (χ1n) is 9.23. The molecule has 8 heteroatoms. The summed E-state index contributed by atoms with van der Waals surface area (Å²) in [5.74, 6) is 1.74. The molecule has 27 heavy (non-hydrogen) atoms. The van der Waals surface area contributed by atoms with Crippen LogP contribution in [0, 0.1) is 0 Å². The Bertz CT molecular complexity index is 727. The fourth-order valence-corrected chi connectivity index (χ4v) is 2.68. The Balaban J connectivity index is 1.67. The van der Waals surface area contributed by atoms with Crippen molar-refractivity contribution in [3.63, 3.8) is 0 Å². The number of aryl methyl sites for hydroxylation is 1. The van der Waals surface area contributed by atoms with Gasteiger partial charge in [0.05, 0.1) is 0 Å². The number of aliphatic imine (C=N–C) groups is 1. The SMILES string of the molecule is CCc1nncn1CCNC(=NC)NCCC(=O)N(C)Cc1ccccc1. The predicted molar refractivity (Wildman–Crippen MR) is 106 cm³/mol. The monoisotopic (exact) mass is 371 g/mol. The van der Waals surface area contributed by atoms with Crippen LogP contribution in [-0.4, -0.2) is 58.7 Å². The topological polar surface area (TPSA) is 87.4 Å². The summed E-state index contributed by atoms with van der Waals surface area (Å²) in [7, 11) is 3.54. The molecule has 0 saturated heterocycles. The van der Waals surface area contributed by atoms with Crippen LogP contribution in [-0.2, 0) is 24.3 Å². The van der Waals surface area contributed by atoms with Gasteiger partial charge in [-0.15, -0.1) is 10.2 Å². The van der Waals surface area contributed by atoms with Crippen molar-refractivity contribution in [3.8, 4) is 0 Å². The van der Waals surface area contributed by atoms with E-state index in [9.17, 15) is 4.79 Å². The van der Waals surface area contributed by atoms with Crippen molar-refractivity contribution in [2.75, 3.05) is 27.2 Å². The van der Waals surface area contributed by atoms with E-state index >= 15 is 0 Å². The van der Waals surface area contributed by atoms with E-state index in [1.54, 1.807) is 18.3 Å². The maximum Gasteiger partial charge on any atom is 0.224 e. The summed E-state index contributed by atoms with van der Waals surface area (Å²) in [6.07, 6.45) is 3.00. The van der Waals surface area contributed by atoms with Gasteiger partial charge in [-0.25, -0.2) is 0 Å². The van der Waals surface area contributed by atoms with Crippen LogP contribution in [0.15, 0.2) is 41.7 Å². The highest BCUT2D eigenvalue weighted by molar-refractivity contribution is 5.81. The first kappa shape index (κ1) is 20.4. The number of rotatable bonds is 9. The number of carbonyl (C=O) groups is 1. The summed E-state index contributed by atoms with van der Waals surface area (Å²) in [6.45, 7) is 4.66. The molecule has 0 aliphatic rings. The number of guanidine groups is 1. The van der Waals surface area contributed by atoms with E-state index in [0.29, 0.717) is 32.0 Å². The van der Waals surface area contributed by atoms with Gasteiger partial charge in [0.1, 0.15) is 12.2 Å². The van der Waals surface area contributed by atoms with Gasteiger partial charge in [-0.3, -0.25) is 9.79 Å². The van der Waals surface area contributed by atoms with Crippen molar-refractivity contribution in [1.29, 1.82) is 0 Å². The second kappa shape index (κ2) is 10.9. The largest absolute Gasteiger partial charge is 0.356 e. The van der Waals surface area contributed by atoms with Crippen molar-refractivity contribution >= 4 is 11.9 Å². The van der Waals surface area contributed by atoms with Gasteiger partial charge in [-0.05, 0) is 5.56 Å². The molecule has 146 valence electrons. The van der Waals surface area contributed by atoms with Crippen LogP contribution in [0.2, 0.25) is 0 Å². The molecule has 1 aromatic heterocycles. The summed E-state index contributed by atoms with van der Waals surface area (Å²) in [4.78, 5) is 18.2. The number of carbonyl (C=O) groups excluding carboxylic acids is 1. The molecule has 1 aromatic carbocycles. The molecule has 1 amide bonds. The molecule has 1 heterocycles. The van der Waals surface area contributed by atoms with Crippen molar-refractivity contribution < 1.29 is 4.79 Å². The molecular formula is C19H29N7O. The van der Waals surface area contributed by atoms with Gasteiger partial charge < -0.3 is 20.1 Å². The Morgan fingerprint density at radius 1 is 1.22 bits per heavy atom. The Kier molecular flexibility index (Phi) is 8.28. The summed E-state index contributed by atoms with van der Waals surface area (Å²) < 4.78 is 2.02. The van der Waals surface area contributed by atoms with Crippen LogP contribution in [0.25, 0.3) is 0 Å². The molecule has 0 aliphatic carbocycles. The number of benzene rings is 1. The van der Waals surface area contributed by atoms with Crippen molar-refractivity contribution in [1.82, 2.24) is 30.3 Å². The number of hydrogen-bond acceptors (Lipinski definition) is 4. The third-order valence-corrected chi connectivity index (χ3v) is 4.20. The zero-order chi connectivity index (χ0) is 19.5. The van der Waals surface area contributed by atoms with Crippen molar-refractivity contribution in [3.05, 3.63) is 48.0 Å². The Morgan fingerprint density at radius 2 is 1.96 bits per heavy atom. The second-order valence-electron chi connectivity index (χ2n) is 6.21. The van der Waals surface area contributed by atoms with Gasteiger partial charge in [-0.1, -0.05) is 37.3 Å². The van der Waals surface area contributed by atoms with Gasteiger partial charge >= 0.3 is 0 Å². The fraction of sp³-hybridized carbons (Fsp3) is 0.474. The highest BCUT2D eigenvalue weighted by Gasteiger charge is 2.09. The predicted octanol–water partition coefficient (Wildman–Crippen LogP) is 1.05. The summed E-state index contributed by atoms with van der Waals surface area (Å²) >= 11 is 0. The minimum Gasteiger partial charge on any atom is -0.356 e. The normalized spacial score (nSPS) is 11.3. The van der Waals surface area contributed by atoms with Crippen LogP contribution in [0.3, 0.4) is 0 Å². The number of nitrogens with zero attached hydrogens (tertiary/aromatic N) is 5. The number of amides is 1. The minimum atomic E-state index is 0.0962. The third-order valence-electron chi connectivity index (χ3n) is 4.20. The van der Waals surface area contributed by atoms with E-state index in [1.165, 1.54) is 0 Å². The molecule has 0 radical (unpaired) electrons. The smallest absolute Gasteiger partial charge is 0.224 e. The summed E-state index contributed by atoms with van der Waals surface area (Å²) in [5.41, 5.74) is 1.12. The molecular weight excluding hydrogens is 342 g/mol. The number of aromatic nitrogens is 3. The van der Waals surface area contributed by atoms with E-state index in [4.69, 9.17) is 0 Å². The molecule has 2 rings (SSSR count). The van der Waals surface area contributed by atoms with Crippen LogP contribution in [0.5, 0.6) is 0 Å². The van der Waals surface area contributed by atoms with Gasteiger partial charge in [0.15, 0.2) is 5.96 Å². The molecule has 0 spiro atoms. The lowest BCUT2D eigenvalue weighted by atomic mass is 10.2. The van der Waals surface area contributed by atoms with Gasteiger partial charge in [0.2, 0.25) is 5.91 Å². The molecule has 2 aromatic rings. The van der Waals surface area contributed by atoms with Gasteiger partial charge in [0.25, 0.3) is 0 Å². The maximum atomic E-state index is 12.3. The van der Waals surface area contributed by atoms with E-state index in [0.717, 1.165) is 24.4 Å². The molecule has 0 atom stereocenters. The quantitative estimate of drug-likeness (QED) is 0.508. The van der Waals surface area contributed by atoms with Crippen molar-refractivity contribution in [2.45, 2.75) is 32.9 Å². The van der Waals surface area contributed by atoms with Crippen LogP contribution >= 0.6 is 0 Å². The lowest BCUT2D eigenvalue weighted by Crippen LogP contribution is -2.40. The molecule has 8 nitrogen and oxygen atoms in total. The third kappa shape index (κ3) is 6.73. The van der Waals surface area contributed by atoms with E-state index in [-0.39, 0.29) is 5.91 Å². The standard InChI is InChI=1S/C19H29N7O/c1-4-17-24-23-15-26(17)13-12-22-19(20-2)21-11-10-18(27)25(3)14-16-8-6-5-7-9-16/h5-9,15H,4,10-14H2,1-3H3,(H2,20,21,22). The average Bonchev–Trinajstić information content (AvgIpc) is 3.14. The molecule has 0 saturated carbocycles. The van der Waals surface area contributed by atoms with E-state index < -0.39 is 0 Å². The van der Waals surface area contributed by atoms with Crippen LogP contribution in [0.4, 0.5) is 0 Å². The Morgan fingerprint density at radius 3 is 2.67 bits per heavy atom. The molecule has 2 N–H and O–H groups in total. The highest BCUT2D eigenvalue weighted by atomic mass is 16.2. The van der Waals surface area contributed by atoms with Crippen molar-refractivity contribution in [2.24, 2.45) is 4.99 Å². The van der Waals surface area contributed by atoms with E-state index in [1.807, 2.05) is 41.9 Å². The first-order valence-corrected chi connectivity index (χ1v) is 9.23. The first-order chi connectivity index (χ1) is 13.1. The lowest BCUT2D eigenvalue weighted by molar-refractivity contribution is -0.130. The van der Waals surface area contributed by atoms with Crippen LogP contribution in [0.1, 0.15) is 24.7 Å². The summed E-state index contributed by atoms with van der Waals surface area (Å²) in [6, 6.07) is 9.98. The molecule has 0 bridgehead atoms. The second-order valence-corrected chi connectivity index (χ2v) is 6.21. The number of hydrogen-bond donors (Lipinski definition) is 2. The zero-order valence-corrected chi connectivity index (χ0v) is 16.4. The minimum absolute atomic E-state index is 0.0962. The lowest BCUT2D eigenvalue weighted by Gasteiger charge is -2.18. The summed E-state index contributed by atoms with van der Waals surface area (Å²) in [5, 5.41) is 14.4. The average molecular weight is 371 g/mol. The Labute approximate surface area is 160 Å². The van der Waals surface area contributed by atoms with Gasteiger partial charge in [0, 0.05) is 53.1 Å². The maximum absolute atomic E-state index is 12.3. The van der Waals surface area contributed by atoms with Crippen LogP contribution < -0.4 is 10.6 Å².